The zero-order chi connectivity index (χ0) is 11.1. The van der Waals surface area contributed by atoms with Crippen molar-refractivity contribution in [2.75, 3.05) is 6.61 Å². The molecular formula is C13H24O2. The second-order valence-electron chi connectivity index (χ2n) is 5.96. The number of rotatable bonds is 2. The predicted octanol–water partition coefficient (Wildman–Crippen LogP) is 2.74. The van der Waals surface area contributed by atoms with Gasteiger partial charge in [0.05, 0.1) is 11.2 Å². The highest BCUT2D eigenvalue weighted by Gasteiger charge is 2.47. The second kappa shape index (κ2) is 3.74. The van der Waals surface area contributed by atoms with Crippen molar-refractivity contribution in [3.63, 3.8) is 0 Å². The minimum atomic E-state index is -0.521. The Labute approximate surface area is 93.0 Å². The minimum Gasteiger partial charge on any atom is -0.390 e. The summed E-state index contributed by atoms with van der Waals surface area (Å²) in [6, 6.07) is 0. The van der Waals surface area contributed by atoms with Crippen LogP contribution in [0.25, 0.3) is 0 Å². The fourth-order valence-electron chi connectivity index (χ4n) is 2.92. The molecule has 2 heteroatoms. The van der Waals surface area contributed by atoms with E-state index < -0.39 is 5.60 Å². The molecule has 0 aromatic heterocycles. The molecule has 0 aromatic rings. The smallest absolute Gasteiger partial charge is 0.0686 e. The van der Waals surface area contributed by atoms with Gasteiger partial charge in [0.2, 0.25) is 0 Å². The zero-order valence-corrected chi connectivity index (χ0v) is 10.3. The van der Waals surface area contributed by atoms with Gasteiger partial charge < -0.3 is 9.84 Å². The van der Waals surface area contributed by atoms with Crippen molar-refractivity contribution in [2.45, 2.75) is 64.1 Å². The van der Waals surface area contributed by atoms with E-state index in [9.17, 15) is 5.11 Å². The molecule has 1 aliphatic heterocycles. The van der Waals surface area contributed by atoms with Gasteiger partial charge in [-0.1, -0.05) is 13.8 Å². The van der Waals surface area contributed by atoms with Gasteiger partial charge in [-0.15, -0.1) is 0 Å². The van der Waals surface area contributed by atoms with Crippen molar-refractivity contribution in [2.24, 2.45) is 11.8 Å². The number of hydrogen-bond donors (Lipinski definition) is 1. The number of ether oxygens (including phenoxy) is 1. The Hall–Kier alpha value is -0.0800. The SMILES string of the molecule is CC(C)C(C)(O)C1CCOC2(CCC2)C1. The Morgan fingerprint density at radius 3 is 2.53 bits per heavy atom. The van der Waals surface area contributed by atoms with Crippen molar-refractivity contribution in [1.82, 2.24) is 0 Å². The van der Waals surface area contributed by atoms with Crippen LogP contribution < -0.4 is 0 Å². The fraction of sp³-hybridized carbons (Fsp3) is 1.00. The third kappa shape index (κ3) is 1.94. The lowest BCUT2D eigenvalue weighted by molar-refractivity contribution is -0.179. The number of aliphatic hydroxyl groups is 1. The van der Waals surface area contributed by atoms with Gasteiger partial charge >= 0.3 is 0 Å². The third-order valence-electron chi connectivity index (χ3n) is 4.75. The fourth-order valence-corrected chi connectivity index (χ4v) is 2.92. The molecule has 2 unspecified atom stereocenters. The highest BCUT2D eigenvalue weighted by atomic mass is 16.5. The first-order valence-corrected chi connectivity index (χ1v) is 6.33. The molecule has 1 saturated carbocycles. The van der Waals surface area contributed by atoms with Crippen LogP contribution in [0.4, 0.5) is 0 Å². The van der Waals surface area contributed by atoms with Crippen LogP contribution >= 0.6 is 0 Å². The molecule has 2 atom stereocenters. The van der Waals surface area contributed by atoms with E-state index in [1.807, 2.05) is 6.92 Å². The van der Waals surface area contributed by atoms with Crippen LogP contribution in [0.15, 0.2) is 0 Å². The molecule has 1 spiro atoms. The van der Waals surface area contributed by atoms with Crippen molar-refractivity contribution < 1.29 is 9.84 Å². The van der Waals surface area contributed by atoms with E-state index in [-0.39, 0.29) is 5.60 Å². The van der Waals surface area contributed by atoms with Crippen LogP contribution in [0.3, 0.4) is 0 Å². The average Bonchev–Trinajstić information content (AvgIpc) is 2.15. The van der Waals surface area contributed by atoms with E-state index in [4.69, 9.17) is 4.74 Å². The summed E-state index contributed by atoms with van der Waals surface area (Å²) in [6.07, 6.45) is 5.80. The minimum absolute atomic E-state index is 0.155. The molecule has 1 aliphatic carbocycles. The molecule has 2 aliphatic rings. The summed E-state index contributed by atoms with van der Waals surface area (Å²) < 4.78 is 5.90. The predicted molar refractivity (Wildman–Crippen MR) is 60.7 cm³/mol. The summed E-state index contributed by atoms with van der Waals surface area (Å²) in [6.45, 7) is 7.07. The third-order valence-corrected chi connectivity index (χ3v) is 4.75. The quantitative estimate of drug-likeness (QED) is 0.762. The van der Waals surface area contributed by atoms with Crippen LogP contribution in [-0.4, -0.2) is 22.9 Å². The van der Waals surface area contributed by atoms with Crippen LogP contribution in [0.5, 0.6) is 0 Å². The summed E-state index contributed by atoms with van der Waals surface area (Å²) in [4.78, 5) is 0. The van der Waals surface area contributed by atoms with Gasteiger partial charge in [-0.3, -0.25) is 0 Å². The first-order valence-electron chi connectivity index (χ1n) is 6.33. The monoisotopic (exact) mass is 212 g/mol. The van der Waals surface area contributed by atoms with Gasteiger partial charge in [-0.05, 0) is 50.9 Å². The summed E-state index contributed by atoms with van der Waals surface area (Å²) >= 11 is 0. The standard InChI is InChI=1S/C13H24O2/c1-10(2)12(3,14)11-5-8-15-13(9-11)6-4-7-13/h10-11,14H,4-9H2,1-3H3. The van der Waals surface area contributed by atoms with Crippen LogP contribution in [-0.2, 0) is 4.74 Å². The average molecular weight is 212 g/mol. The molecule has 2 rings (SSSR count). The van der Waals surface area contributed by atoms with E-state index >= 15 is 0 Å². The van der Waals surface area contributed by atoms with Crippen molar-refractivity contribution in [3.8, 4) is 0 Å². The van der Waals surface area contributed by atoms with Gasteiger partial charge in [-0.2, -0.15) is 0 Å². The Morgan fingerprint density at radius 1 is 1.40 bits per heavy atom. The summed E-state index contributed by atoms with van der Waals surface area (Å²) in [7, 11) is 0. The van der Waals surface area contributed by atoms with Crippen LogP contribution in [0.2, 0.25) is 0 Å². The molecule has 88 valence electrons. The second-order valence-corrected chi connectivity index (χ2v) is 5.96. The lowest BCUT2D eigenvalue weighted by Crippen LogP contribution is -2.52. The molecule has 1 heterocycles. The molecule has 2 nitrogen and oxygen atoms in total. The zero-order valence-electron chi connectivity index (χ0n) is 10.3. The van der Waals surface area contributed by atoms with Crippen molar-refractivity contribution in [1.29, 1.82) is 0 Å². The van der Waals surface area contributed by atoms with Gasteiger partial charge in [0.1, 0.15) is 0 Å². The Morgan fingerprint density at radius 2 is 2.07 bits per heavy atom. The maximum atomic E-state index is 10.5. The molecule has 0 aromatic carbocycles. The first kappa shape index (κ1) is 11.4. The van der Waals surface area contributed by atoms with Crippen molar-refractivity contribution >= 4 is 0 Å². The normalized spacial score (nSPS) is 33.8. The highest BCUT2D eigenvalue weighted by Crippen LogP contribution is 2.47. The maximum absolute atomic E-state index is 10.5. The van der Waals surface area contributed by atoms with Crippen LogP contribution in [0.1, 0.15) is 52.9 Å². The van der Waals surface area contributed by atoms with Crippen molar-refractivity contribution in [3.05, 3.63) is 0 Å². The van der Waals surface area contributed by atoms with Crippen LogP contribution in [0, 0.1) is 11.8 Å². The summed E-state index contributed by atoms with van der Waals surface area (Å²) in [5.41, 5.74) is -0.367. The molecule has 0 amide bonds. The Bertz CT molecular complexity index is 229. The van der Waals surface area contributed by atoms with E-state index in [1.165, 1.54) is 19.3 Å². The topological polar surface area (TPSA) is 29.5 Å². The first-order chi connectivity index (χ1) is 6.96. The van der Waals surface area contributed by atoms with Gasteiger partial charge in [0.15, 0.2) is 0 Å². The van der Waals surface area contributed by atoms with Gasteiger partial charge in [-0.25, -0.2) is 0 Å². The largest absolute Gasteiger partial charge is 0.390 e. The Kier molecular flexibility index (Phi) is 2.85. The molecule has 1 saturated heterocycles. The summed E-state index contributed by atoms with van der Waals surface area (Å²) in [5, 5.41) is 10.5. The molecule has 0 radical (unpaired) electrons. The van der Waals surface area contributed by atoms with E-state index in [1.54, 1.807) is 0 Å². The molecular weight excluding hydrogens is 188 g/mol. The lowest BCUT2D eigenvalue weighted by Gasteiger charge is -2.51. The molecule has 0 bridgehead atoms. The summed E-state index contributed by atoms with van der Waals surface area (Å²) in [5.74, 6) is 0.754. The number of hydrogen-bond acceptors (Lipinski definition) is 2. The molecule has 2 fully saturated rings. The molecule has 1 N–H and O–H groups in total. The highest BCUT2D eigenvalue weighted by molar-refractivity contribution is 4.98. The van der Waals surface area contributed by atoms with Gasteiger partial charge in [0.25, 0.3) is 0 Å². The van der Waals surface area contributed by atoms with E-state index in [0.717, 1.165) is 19.4 Å². The van der Waals surface area contributed by atoms with Gasteiger partial charge in [0, 0.05) is 6.61 Å². The molecule has 15 heavy (non-hydrogen) atoms. The maximum Gasteiger partial charge on any atom is 0.0686 e. The van der Waals surface area contributed by atoms with E-state index in [2.05, 4.69) is 13.8 Å². The van der Waals surface area contributed by atoms with E-state index in [0.29, 0.717) is 11.8 Å². The Balaban J connectivity index is 2.03. The lowest BCUT2D eigenvalue weighted by atomic mass is 9.66.